The highest BCUT2D eigenvalue weighted by molar-refractivity contribution is 6.03. The first-order valence-electron chi connectivity index (χ1n) is 8.84. The molecule has 1 aliphatic rings. The molecule has 146 valence electrons. The van der Waals surface area contributed by atoms with Gasteiger partial charge >= 0.3 is 0 Å². The van der Waals surface area contributed by atoms with Crippen molar-refractivity contribution in [1.29, 1.82) is 0 Å². The van der Waals surface area contributed by atoms with E-state index in [0.29, 0.717) is 35.2 Å². The highest BCUT2D eigenvalue weighted by atomic mass is 16.5. The van der Waals surface area contributed by atoms with Gasteiger partial charge in [0.15, 0.2) is 18.1 Å². The van der Waals surface area contributed by atoms with Gasteiger partial charge in [0.05, 0.1) is 19.9 Å². The van der Waals surface area contributed by atoms with Gasteiger partial charge in [0.25, 0.3) is 5.91 Å². The van der Waals surface area contributed by atoms with Crippen molar-refractivity contribution in [2.24, 2.45) is 0 Å². The van der Waals surface area contributed by atoms with Crippen molar-refractivity contribution in [3.8, 4) is 17.2 Å². The molecule has 0 aromatic heterocycles. The number of benzene rings is 2. The number of ether oxygens (including phenoxy) is 3. The second-order valence-electron chi connectivity index (χ2n) is 6.05. The van der Waals surface area contributed by atoms with E-state index in [1.165, 1.54) is 6.08 Å². The first-order valence-corrected chi connectivity index (χ1v) is 8.84. The van der Waals surface area contributed by atoms with Crippen molar-refractivity contribution >= 4 is 29.3 Å². The van der Waals surface area contributed by atoms with Crippen molar-refractivity contribution in [1.82, 2.24) is 0 Å². The first kappa shape index (κ1) is 19.3. The summed E-state index contributed by atoms with van der Waals surface area (Å²) in [4.78, 5) is 25.9. The van der Waals surface area contributed by atoms with E-state index in [0.717, 1.165) is 5.56 Å². The fraction of sp³-hybridized carbons (Fsp3) is 0.238. The number of amides is 2. The number of methoxy groups -OCH3 is 2. The van der Waals surface area contributed by atoms with Crippen molar-refractivity contribution in [3.63, 3.8) is 0 Å². The van der Waals surface area contributed by atoms with E-state index in [2.05, 4.69) is 5.32 Å². The predicted molar refractivity (Wildman–Crippen MR) is 107 cm³/mol. The molecule has 0 aliphatic carbocycles. The lowest BCUT2D eigenvalue weighted by Crippen LogP contribution is -2.38. The van der Waals surface area contributed by atoms with E-state index >= 15 is 0 Å². The molecule has 0 saturated heterocycles. The highest BCUT2D eigenvalue weighted by Gasteiger charge is 2.24. The van der Waals surface area contributed by atoms with Gasteiger partial charge in [0, 0.05) is 18.3 Å². The van der Waals surface area contributed by atoms with Crippen LogP contribution in [0.2, 0.25) is 0 Å². The summed E-state index contributed by atoms with van der Waals surface area (Å²) in [5, 5.41) is 2.80. The van der Waals surface area contributed by atoms with Gasteiger partial charge in [0.1, 0.15) is 5.75 Å². The second kappa shape index (κ2) is 8.47. The number of likely N-dealkylation sites (N-methyl/N-ethyl adjacent to an activating group) is 1. The van der Waals surface area contributed by atoms with Crippen LogP contribution in [0.15, 0.2) is 42.5 Å². The van der Waals surface area contributed by atoms with Gasteiger partial charge in [-0.2, -0.15) is 0 Å². The number of hydrogen-bond donors (Lipinski definition) is 1. The highest BCUT2D eigenvalue weighted by Crippen LogP contribution is 2.34. The van der Waals surface area contributed by atoms with Crippen LogP contribution in [0, 0.1) is 0 Å². The topological polar surface area (TPSA) is 77.1 Å². The Labute approximate surface area is 163 Å². The van der Waals surface area contributed by atoms with Crippen LogP contribution < -0.4 is 24.4 Å². The summed E-state index contributed by atoms with van der Waals surface area (Å²) in [5.41, 5.74) is 2.03. The van der Waals surface area contributed by atoms with E-state index in [1.54, 1.807) is 55.5 Å². The fourth-order valence-electron chi connectivity index (χ4n) is 2.94. The molecular formula is C21H22N2O5. The molecule has 2 amide bonds. The summed E-state index contributed by atoms with van der Waals surface area (Å²) in [6, 6.07) is 10.6. The summed E-state index contributed by atoms with van der Waals surface area (Å²) in [7, 11) is 3.12. The van der Waals surface area contributed by atoms with Crippen molar-refractivity contribution in [2.75, 3.05) is 37.6 Å². The third kappa shape index (κ3) is 4.09. The normalized spacial score (nSPS) is 13.1. The predicted octanol–water partition coefficient (Wildman–Crippen LogP) is 3.10. The lowest BCUT2D eigenvalue weighted by atomic mass is 10.2. The fourth-order valence-corrected chi connectivity index (χ4v) is 2.94. The Bertz CT molecular complexity index is 923. The maximum Gasteiger partial charge on any atom is 0.265 e. The number of anilines is 2. The Kier molecular flexibility index (Phi) is 5.84. The van der Waals surface area contributed by atoms with Gasteiger partial charge in [-0.15, -0.1) is 0 Å². The number of rotatable bonds is 6. The molecule has 2 aromatic rings. The van der Waals surface area contributed by atoms with Crippen LogP contribution in [0.3, 0.4) is 0 Å². The largest absolute Gasteiger partial charge is 0.493 e. The van der Waals surface area contributed by atoms with E-state index in [-0.39, 0.29) is 18.4 Å². The quantitative estimate of drug-likeness (QED) is 0.777. The van der Waals surface area contributed by atoms with Gasteiger partial charge in [-0.1, -0.05) is 6.07 Å². The number of carbonyl (C=O) groups is 2. The van der Waals surface area contributed by atoms with Crippen LogP contribution in [0.5, 0.6) is 17.2 Å². The van der Waals surface area contributed by atoms with Crippen LogP contribution in [-0.4, -0.2) is 39.2 Å². The minimum Gasteiger partial charge on any atom is -0.493 e. The molecule has 1 heterocycles. The molecule has 0 bridgehead atoms. The first-order chi connectivity index (χ1) is 13.5. The SMILES string of the molecule is CCN1C(=O)COc2ccc(NC(=O)/C=C/c3ccc(OC)c(OC)c3)cc21. The third-order valence-corrected chi connectivity index (χ3v) is 4.32. The molecule has 3 rings (SSSR count). The van der Waals surface area contributed by atoms with Gasteiger partial charge in [-0.25, -0.2) is 0 Å². The lowest BCUT2D eigenvalue weighted by molar-refractivity contribution is -0.121. The second-order valence-corrected chi connectivity index (χ2v) is 6.05. The Morgan fingerprint density at radius 3 is 2.68 bits per heavy atom. The number of fused-ring (bicyclic) bond motifs is 1. The molecular weight excluding hydrogens is 360 g/mol. The Hall–Kier alpha value is -3.48. The number of carbonyl (C=O) groups excluding carboxylic acids is 2. The number of nitrogens with zero attached hydrogens (tertiary/aromatic N) is 1. The summed E-state index contributed by atoms with van der Waals surface area (Å²) < 4.78 is 15.9. The molecule has 0 radical (unpaired) electrons. The number of hydrogen-bond acceptors (Lipinski definition) is 5. The molecule has 7 nitrogen and oxygen atoms in total. The monoisotopic (exact) mass is 382 g/mol. The van der Waals surface area contributed by atoms with Crippen LogP contribution >= 0.6 is 0 Å². The van der Waals surface area contributed by atoms with Crippen molar-refractivity contribution in [2.45, 2.75) is 6.92 Å². The smallest absolute Gasteiger partial charge is 0.265 e. The molecule has 1 aliphatic heterocycles. The summed E-state index contributed by atoms with van der Waals surface area (Å²) in [5.74, 6) is 1.44. The van der Waals surface area contributed by atoms with E-state index in [1.807, 2.05) is 13.0 Å². The van der Waals surface area contributed by atoms with Gasteiger partial charge < -0.3 is 24.4 Å². The molecule has 7 heteroatoms. The minimum atomic E-state index is -0.291. The van der Waals surface area contributed by atoms with E-state index in [9.17, 15) is 9.59 Å². The average Bonchev–Trinajstić information content (AvgIpc) is 2.71. The third-order valence-electron chi connectivity index (χ3n) is 4.32. The minimum absolute atomic E-state index is 0.0284. The zero-order valence-electron chi connectivity index (χ0n) is 16.0. The molecule has 0 fully saturated rings. The standard InChI is InChI=1S/C21H22N2O5/c1-4-23-16-12-15(7-9-17(16)28-13-21(23)25)22-20(24)10-6-14-5-8-18(26-2)19(11-14)27-3/h5-12H,4,13H2,1-3H3,(H,22,24)/b10-6+. The Morgan fingerprint density at radius 1 is 1.18 bits per heavy atom. The lowest BCUT2D eigenvalue weighted by Gasteiger charge is -2.28. The van der Waals surface area contributed by atoms with Gasteiger partial charge in [0.2, 0.25) is 5.91 Å². The molecule has 0 spiro atoms. The van der Waals surface area contributed by atoms with Crippen molar-refractivity contribution < 1.29 is 23.8 Å². The number of nitrogens with one attached hydrogen (secondary N) is 1. The molecule has 0 atom stereocenters. The van der Waals surface area contributed by atoms with E-state index in [4.69, 9.17) is 14.2 Å². The average molecular weight is 382 g/mol. The molecule has 1 N–H and O–H groups in total. The summed E-state index contributed by atoms with van der Waals surface area (Å²) in [6.07, 6.45) is 3.11. The van der Waals surface area contributed by atoms with Crippen LogP contribution in [0.1, 0.15) is 12.5 Å². The van der Waals surface area contributed by atoms with E-state index < -0.39 is 0 Å². The summed E-state index contributed by atoms with van der Waals surface area (Å²) >= 11 is 0. The van der Waals surface area contributed by atoms with Crippen molar-refractivity contribution in [3.05, 3.63) is 48.0 Å². The van der Waals surface area contributed by atoms with Gasteiger partial charge in [-0.05, 0) is 48.9 Å². The molecule has 28 heavy (non-hydrogen) atoms. The summed E-state index contributed by atoms with van der Waals surface area (Å²) in [6.45, 7) is 2.45. The van der Waals surface area contributed by atoms with Crippen LogP contribution in [0.25, 0.3) is 6.08 Å². The zero-order chi connectivity index (χ0) is 20.1. The maximum atomic E-state index is 12.3. The molecule has 2 aromatic carbocycles. The Balaban J connectivity index is 1.72. The maximum absolute atomic E-state index is 12.3. The Morgan fingerprint density at radius 2 is 1.96 bits per heavy atom. The van der Waals surface area contributed by atoms with Crippen LogP contribution in [-0.2, 0) is 9.59 Å². The molecule has 0 unspecified atom stereocenters. The van der Waals surface area contributed by atoms with Crippen LogP contribution in [0.4, 0.5) is 11.4 Å². The molecule has 0 saturated carbocycles. The zero-order valence-corrected chi connectivity index (χ0v) is 16.0. The van der Waals surface area contributed by atoms with Gasteiger partial charge in [-0.3, -0.25) is 9.59 Å².